The van der Waals surface area contributed by atoms with Gasteiger partial charge in [0.25, 0.3) is 0 Å². The Hall–Kier alpha value is -2.12. The van der Waals surface area contributed by atoms with Crippen LogP contribution in [0.2, 0.25) is 0 Å². The van der Waals surface area contributed by atoms with Crippen molar-refractivity contribution >= 4 is 16.7 Å². The van der Waals surface area contributed by atoms with Gasteiger partial charge in [0.05, 0.1) is 17.2 Å². The summed E-state index contributed by atoms with van der Waals surface area (Å²) in [5, 5.41) is 19.8. The lowest BCUT2D eigenvalue weighted by atomic mass is 10.1. The Balaban J connectivity index is 2.13. The van der Waals surface area contributed by atoms with Crippen LogP contribution in [0.25, 0.3) is 10.9 Å². The van der Waals surface area contributed by atoms with Crippen LogP contribution in [0.4, 0.5) is 5.82 Å². The summed E-state index contributed by atoms with van der Waals surface area (Å²) in [6, 6.07) is 11.8. The number of nitrogens with zero attached hydrogens (tertiary/aromatic N) is 3. The molecule has 0 spiro atoms. The minimum Gasteiger partial charge on any atom is -0.391 e. The molecule has 0 saturated carbocycles. The number of nitriles is 1. The van der Waals surface area contributed by atoms with Crippen LogP contribution in [0.15, 0.2) is 30.3 Å². The van der Waals surface area contributed by atoms with E-state index in [1.807, 2.05) is 35.2 Å². The largest absolute Gasteiger partial charge is 0.391 e. The second-order valence-electron chi connectivity index (χ2n) is 4.55. The molecule has 18 heavy (non-hydrogen) atoms. The molecule has 0 amide bonds. The van der Waals surface area contributed by atoms with Crippen LogP contribution in [0, 0.1) is 11.3 Å². The van der Waals surface area contributed by atoms with Crippen molar-refractivity contribution in [2.24, 2.45) is 0 Å². The van der Waals surface area contributed by atoms with E-state index in [0.29, 0.717) is 17.9 Å². The number of benzene rings is 1. The normalized spacial score (nSPS) is 19.1. The smallest absolute Gasteiger partial charge is 0.147 e. The maximum Gasteiger partial charge on any atom is 0.147 e. The van der Waals surface area contributed by atoms with Crippen LogP contribution in [0.3, 0.4) is 0 Å². The molecule has 2 aromatic rings. The van der Waals surface area contributed by atoms with Gasteiger partial charge < -0.3 is 10.0 Å². The minimum atomic E-state index is -0.315. The summed E-state index contributed by atoms with van der Waals surface area (Å²) >= 11 is 0. The lowest BCUT2D eigenvalue weighted by Crippen LogP contribution is -2.23. The highest BCUT2D eigenvalue weighted by Crippen LogP contribution is 2.25. The van der Waals surface area contributed by atoms with E-state index < -0.39 is 0 Å². The van der Waals surface area contributed by atoms with Gasteiger partial charge in [0, 0.05) is 18.5 Å². The molecule has 0 radical (unpaired) electrons. The van der Waals surface area contributed by atoms with E-state index in [9.17, 15) is 10.4 Å². The third kappa shape index (κ3) is 1.79. The number of para-hydroxylation sites is 1. The maximum atomic E-state index is 9.59. The highest BCUT2D eigenvalue weighted by molar-refractivity contribution is 5.83. The highest BCUT2D eigenvalue weighted by Gasteiger charge is 2.23. The summed E-state index contributed by atoms with van der Waals surface area (Å²) < 4.78 is 0. The lowest BCUT2D eigenvalue weighted by molar-refractivity contribution is 0.198. The number of β-amino-alcohol motifs (C(OH)–C–C–N with tert-alkyl or cyclic N) is 1. The fraction of sp³-hybridized carbons (Fsp3) is 0.286. The van der Waals surface area contributed by atoms with Crippen molar-refractivity contribution in [1.29, 1.82) is 5.26 Å². The average Bonchev–Trinajstić information content (AvgIpc) is 2.83. The Bertz CT molecular complexity index is 632. The Morgan fingerprint density at radius 1 is 1.39 bits per heavy atom. The van der Waals surface area contributed by atoms with E-state index in [-0.39, 0.29) is 6.10 Å². The van der Waals surface area contributed by atoms with Gasteiger partial charge in [-0.3, -0.25) is 0 Å². The van der Waals surface area contributed by atoms with Gasteiger partial charge in [-0.1, -0.05) is 18.2 Å². The monoisotopic (exact) mass is 239 g/mol. The summed E-state index contributed by atoms with van der Waals surface area (Å²) in [7, 11) is 0. The third-order valence-electron chi connectivity index (χ3n) is 3.29. The summed E-state index contributed by atoms with van der Waals surface area (Å²) in [5.41, 5.74) is 1.45. The van der Waals surface area contributed by atoms with Crippen molar-refractivity contribution in [1.82, 2.24) is 4.98 Å². The van der Waals surface area contributed by atoms with Crippen LogP contribution in [-0.4, -0.2) is 29.3 Å². The molecular weight excluding hydrogens is 226 g/mol. The molecule has 1 fully saturated rings. The SMILES string of the molecule is N#Cc1cc2ccccc2nc1N1CC[C@H](O)C1. The fourth-order valence-corrected chi connectivity index (χ4v) is 2.36. The average molecular weight is 239 g/mol. The molecule has 1 N–H and O–H groups in total. The van der Waals surface area contributed by atoms with Crippen molar-refractivity contribution in [3.63, 3.8) is 0 Å². The van der Waals surface area contributed by atoms with Crippen molar-refractivity contribution in [2.75, 3.05) is 18.0 Å². The molecule has 2 heterocycles. The molecule has 1 saturated heterocycles. The molecule has 1 aromatic carbocycles. The summed E-state index contributed by atoms with van der Waals surface area (Å²) in [5.74, 6) is 0.688. The minimum absolute atomic E-state index is 0.315. The fourth-order valence-electron chi connectivity index (χ4n) is 2.36. The van der Waals surface area contributed by atoms with Crippen molar-refractivity contribution in [3.8, 4) is 6.07 Å². The highest BCUT2D eigenvalue weighted by atomic mass is 16.3. The second kappa shape index (κ2) is 4.28. The van der Waals surface area contributed by atoms with Crippen LogP contribution < -0.4 is 4.90 Å². The zero-order valence-electron chi connectivity index (χ0n) is 9.87. The van der Waals surface area contributed by atoms with Gasteiger partial charge in [0.1, 0.15) is 11.9 Å². The Kier molecular flexibility index (Phi) is 2.62. The number of hydrogen-bond acceptors (Lipinski definition) is 4. The number of aliphatic hydroxyl groups is 1. The third-order valence-corrected chi connectivity index (χ3v) is 3.29. The predicted molar refractivity (Wildman–Crippen MR) is 69.3 cm³/mol. The van der Waals surface area contributed by atoms with Gasteiger partial charge in [-0.15, -0.1) is 0 Å². The van der Waals surface area contributed by atoms with Gasteiger partial charge in [-0.05, 0) is 18.6 Å². The molecule has 4 heteroatoms. The van der Waals surface area contributed by atoms with E-state index in [0.717, 1.165) is 23.9 Å². The van der Waals surface area contributed by atoms with E-state index in [1.54, 1.807) is 0 Å². The Morgan fingerprint density at radius 2 is 2.22 bits per heavy atom. The predicted octanol–water partition coefficient (Wildman–Crippen LogP) is 1.68. The number of pyridine rings is 1. The zero-order valence-corrected chi connectivity index (χ0v) is 9.87. The van der Waals surface area contributed by atoms with Crippen LogP contribution in [0.1, 0.15) is 12.0 Å². The number of anilines is 1. The van der Waals surface area contributed by atoms with E-state index in [2.05, 4.69) is 11.1 Å². The molecule has 1 atom stereocenters. The topological polar surface area (TPSA) is 60.2 Å². The van der Waals surface area contributed by atoms with Crippen molar-refractivity contribution in [2.45, 2.75) is 12.5 Å². The first-order valence-corrected chi connectivity index (χ1v) is 6.01. The van der Waals surface area contributed by atoms with Crippen molar-refractivity contribution < 1.29 is 5.11 Å². The summed E-state index contributed by atoms with van der Waals surface area (Å²) in [6.07, 6.45) is 0.421. The zero-order chi connectivity index (χ0) is 12.5. The number of aliphatic hydroxyl groups excluding tert-OH is 1. The first-order chi connectivity index (χ1) is 8.78. The molecule has 4 nitrogen and oxygen atoms in total. The van der Waals surface area contributed by atoms with Crippen LogP contribution in [0.5, 0.6) is 0 Å². The first kappa shape index (κ1) is 11.0. The van der Waals surface area contributed by atoms with Crippen LogP contribution >= 0.6 is 0 Å². The number of aromatic nitrogens is 1. The van der Waals surface area contributed by atoms with E-state index in [1.165, 1.54) is 0 Å². The molecule has 90 valence electrons. The van der Waals surface area contributed by atoms with Gasteiger partial charge in [-0.25, -0.2) is 4.98 Å². The molecule has 1 aliphatic rings. The lowest BCUT2D eigenvalue weighted by Gasteiger charge is -2.18. The number of rotatable bonds is 1. The summed E-state index contributed by atoms with van der Waals surface area (Å²) in [4.78, 5) is 6.54. The molecule has 1 aliphatic heterocycles. The standard InChI is InChI=1S/C14H13N3O/c15-8-11-7-10-3-1-2-4-13(10)16-14(11)17-6-5-12(18)9-17/h1-4,7,12,18H,5-6,9H2/t12-/m0/s1. The van der Waals surface area contributed by atoms with E-state index in [4.69, 9.17) is 0 Å². The van der Waals surface area contributed by atoms with Crippen LogP contribution in [-0.2, 0) is 0 Å². The summed E-state index contributed by atoms with van der Waals surface area (Å²) in [6.45, 7) is 1.31. The Morgan fingerprint density at radius 3 is 2.94 bits per heavy atom. The van der Waals surface area contributed by atoms with Gasteiger partial charge in [0.2, 0.25) is 0 Å². The first-order valence-electron chi connectivity index (χ1n) is 6.01. The quantitative estimate of drug-likeness (QED) is 0.822. The number of hydrogen-bond donors (Lipinski definition) is 1. The van der Waals surface area contributed by atoms with Crippen molar-refractivity contribution in [3.05, 3.63) is 35.9 Å². The Labute approximate surface area is 105 Å². The molecule has 0 aliphatic carbocycles. The van der Waals surface area contributed by atoms with Gasteiger partial charge >= 0.3 is 0 Å². The molecule has 0 unspecified atom stereocenters. The maximum absolute atomic E-state index is 9.59. The molecule has 1 aromatic heterocycles. The van der Waals surface area contributed by atoms with E-state index >= 15 is 0 Å². The van der Waals surface area contributed by atoms with Gasteiger partial charge in [0.15, 0.2) is 0 Å². The van der Waals surface area contributed by atoms with Gasteiger partial charge in [-0.2, -0.15) is 5.26 Å². The molecular formula is C14H13N3O. The second-order valence-corrected chi connectivity index (χ2v) is 4.55. The molecule has 3 rings (SSSR count). The molecule has 0 bridgehead atoms. The number of fused-ring (bicyclic) bond motifs is 1.